The summed E-state index contributed by atoms with van der Waals surface area (Å²) in [7, 11) is 0. The molecular weight excluding hydrogens is 212 g/mol. The summed E-state index contributed by atoms with van der Waals surface area (Å²) in [5.41, 5.74) is 7.53. The fraction of sp³-hybridized carbons (Fsp3) is 0.538. The summed E-state index contributed by atoms with van der Waals surface area (Å²) < 4.78 is 0. The van der Waals surface area contributed by atoms with Crippen LogP contribution in [0.15, 0.2) is 12.1 Å². The highest BCUT2D eigenvalue weighted by molar-refractivity contribution is 5.55. The molecule has 1 aromatic rings. The zero-order valence-electron chi connectivity index (χ0n) is 10.3. The van der Waals surface area contributed by atoms with Gasteiger partial charge in [-0.15, -0.1) is 0 Å². The van der Waals surface area contributed by atoms with Gasteiger partial charge in [-0.25, -0.2) is 4.98 Å². The van der Waals surface area contributed by atoms with E-state index in [9.17, 15) is 0 Å². The van der Waals surface area contributed by atoms with Gasteiger partial charge in [-0.3, -0.25) is 0 Å². The van der Waals surface area contributed by atoms with Crippen molar-refractivity contribution >= 4 is 5.82 Å². The maximum Gasteiger partial charge on any atom is 0.146 e. The predicted molar refractivity (Wildman–Crippen MR) is 67.7 cm³/mol. The van der Waals surface area contributed by atoms with Crippen molar-refractivity contribution in [1.82, 2.24) is 4.98 Å². The molecule has 0 radical (unpaired) electrons. The molecule has 0 aromatic carbocycles. The summed E-state index contributed by atoms with van der Waals surface area (Å²) in [5.74, 6) is 1.32. The summed E-state index contributed by atoms with van der Waals surface area (Å²) in [4.78, 5) is 6.66. The predicted octanol–water partition coefficient (Wildman–Crippen LogP) is 1.44. The van der Waals surface area contributed by atoms with Gasteiger partial charge in [0.1, 0.15) is 11.9 Å². The molecule has 0 bridgehead atoms. The van der Waals surface area contributed by atoms with Crippen molar-refractivity contribution in [2.24, 2.45) is 11.7 Å². The third-order valence-corrected chi connectivity index (χ3v) is 3.40. The maximum absolute atomic E-state index is 9.10. The Morgan fingerprint density at radius 1 is 1.59 bits per heavy atom. The Hall–Kier alpha value is -1.60. The van der Waals surface area contributed by atoms with Crippen LogP contribution in [0.4, 0.5) is 5.82 Å². The molecule has 1 saturated heterocycles. The normalized spacial score (nSPS) is 21.3. The van der Waals surface area contributed by atoms with Crippen LogP contribution >= 0.6 is 0 Å². The van der Waals surface area contributed by atoms with Crippen LogP contribution in [0.3, 0.4) is 0 Å². The number of nitrogens with zero attached hydrogens (tertiary/aromatic N) is 3. The van der Waals surface area contributed by atoms with Crippen LogP contribution in [0.25, 0.3) is 0 Å². The van der Waals surface area contributed by atoms with E-state index in [1.165, 1.54) is 0 Å². The van der Waals surface area contributed by atoms with E-state index in [0.29, 0.717) is 11.5 Å². The number of nitriles is 1. The third kappa shape index (κ3) is 2.40. The first-order chi connectivity index (χ1) is 8.11. The van der Waals surface area contributed by atoms with Crippen molar-refractivity contribution in [2.75, 3.05) is 18.0 Å². The van der Waals surface area contributed by atoms with Crippen LogP contribution in [0.2, 0.25) is 0 Å². The molecular formula is C13H18N4. The molecule has 2 heterocycles. The van der Waals surface area contributed by atoms with Crippen LogP contribution < -0.4 is 10.6 Å². The van der Waals surface area contributed by atoms with Crippen molar-refractivity contribution in [3.8, 4) is 6.07 Å². The lowest BCUT2D eigenvalue weighted by Crippen LogP contribution is -2.30. The van der Waals surface area contributed by atoms with E-state index in [4.69, 9.17) is 11.0 Å². The first-order valence-corrected chi connectivity index (χ1v) is 6.00. The van der Waals surface area contributed by atoms with Gasteiger partial charge in [-0.1, -0.05) is 0 Å². The van der Waals surface area contributed by atoms with Crippen LogP contribution in [0.1, 0.15) is 24.6 Å². The standard InChI is InChI=1S/C13H18N4/c1-9-3-4-11(7-14)13(16-9)17-6-5-12(8-17)10(2)15/h3-4,10,12H,5-6,8,15H2,1-2H3. The largest absolute Gasteiger partial charge is 0.355 e. The molecule has 2 atom stereocenters. The van der Waals surface area contributed by atoms with E-state index in [2.05, 4.69) is 16.0 Å². The lowest BCUT2D eigenvalue weighted by molar-refractivity contribution is 0.488. The molecule has 2 unspecified atom stereocenters. The average molecular weight is 230 g/mol. The van der Waals surface area contributed by atoms with Gasteiger partial charge >= 0.3 is 0 Å². The maximum atomic E-state index is 9.10. The minimum atomic E-state index is 0.204. The van der Waals surface area contributed by atoms with E-state index in [1.54, 1.807) is 0 Å². The fourth-order valence-electron chi connectivity index (χ4n) is 2.28. The zero-order valence-corrected chi connectivity index (χ0v) is 10.3. The van der Waals surface area contributed by atoms with E-state index >= 15 is 0 Å². The molecule has 2 rings (SSSR count). The van der Waals surface area contributed by atoms with Crippen LogP contribution in [-0.2, 0) is 0 Å². The lowest BCUT2D eigenvalue weighted by atomic mass is 10.0. The van der Waals surface area contributed by atoms with Gasteiger partial charge in [-0.05, 0) is 38.3 Å². The topological polar surface area (TPSA) is 65.9 Å². The fourth-order valence-corrected chi connectivity index (χ4v) is 2.28. The molecule has 1 aliphatic rings. The van der Waals surface area contributed by atoms with E-state index in [1.807, 2.05) is 26.0 Å². The van der Waals surface area contributed by atoms with Crippen molar-refractivity contribution < 1.29 is 0 Å². The quantitative estimate of drug-likeness (QED) is 0.834. The van der Waals surface area contributed by atoms with E-state index in [-0.39, 0.29) is 6.04 Å². The van der Waals surface area contributed by atoms with Crippen molar-refractivity contribution in [3.05, 3.63) is 23.4 Å². The van der Waals surface area contributed by atoms with Gasteiger partial charge in [0.2, 0.25) is 0 Å². The van der Waals surface area contributed by atoms with Crippen molar-refractivity contribution in [3.63, 3.8) is 0 Å². The minimum Gasteiger partial charge on any atom is -0.355 e. The second kappa shape index (κ2) is 4.72. The van der Waals surface area contributed by atoms with Gasteiger partial charge in [0, 0.05) is 24.8 Å². The number of aromatic nitrogens is 1. The zero-order chi connectivity index (χ0) is 12.4. The molecule has 1 aromatic heterocycles. The molecule has 4 heteroatoms. The summed E-state index contributed by atoms with van der Waals surface area (Å²) in [6.45, 7) is 5.84. The lowest BCUT2D eigenvalue weighted by Gasteiger charge is -2.20. The summed E-state index contributed by atoms with van der Waals surface area (Å²) >= 11 is 0. The Bertz CT molecular complexity index is 447. The second-order valence-electron chi connectivity index (χ2n) is 4.79. The molecule has 1 fully saturated rings. The highest BCUT2D eigenvalue weighted by Gasteiger charge is 2.27. The van der Waals surface area contributed by atoms with Gasteiger partial charge in [0.25, 0.3) is 0 Å². The molecule has 0 aliphatic carbocycles. The Balaban J connectivity index is 2.24. The molecule has 2 N–H and O–H groups in total. The molecule has 1 aliphatic heterocycles. The third-order valence-electron chi connectivity index (χ3n) is 3.40. The number of rotatable bonds is 2. The minimum absolute atomic E-state index is 0.204. The smallest absolute Gasteiger partial charge is 0.146 e. The first-order valence-electron chi connectivity index (χ1n) is 6.00. The highest BCUT2D eigenvalue weighted by Crippen LogP contribution is 2.26. The first kappa shape index (κ1) is 11.9. The number of pyridine rings is 1. The SMILES string of the molecule is Cc1ccc(C#N)c(N2CCC(C(C)N)C2)n1. The number of aryl methyl sites for hydroxylation is 1. The Labute approximate surface area is 102 Å². The monoisotopic (exact) mass is 230 g/mol. The van der Waals surface area contributed by atoms with Crippen molar-refractivity contribution in [1.29, 1.82) is 5.26 Å². The average Bonchev–Trinajstić information content (AvgIpc) is 2.78. The van der Waals surface area contributed by atoms with Crippen molar-refractivity contribution in [2.45, 2.75) is 26.3 Å². The highest BCUT2D eigenvalue weighted by atomic mass is 15.2. The van der Waals surface area contributed by atoms with Crippen LogP contribution in [0, 0.1) is 24.2 Å². The molecule has 0 saturated carbocycles. The molecule has 17 heavy (non-hydrogen) atoms. The number of nitrogens with two attached hydrogens (primary N) is 1. The number of hydrogen-bond donors (Lipinski definition) is 1. The summed E-state index contributed by atoms with van der Waals surface area (Å²) in [6.07, 6.45) is 1.08. The van der Waals surface area contributed by atoms with Gasteiger partial charge in [0.15, 0.2) is 0 Å². The Morgan fingerprint density at radius 3 is 2.94 bits per heavy atom. The molecule has 0 amide bonds. The Kier molecular flexibility index (Phi) is 3.30. The second-order valence-corrected chi connectivity index (χ2v) is 4.79. The van der Waals surface area contributed by atoms with Gasteiger partial charge in [0.05, 0.1) is 5.56 Å². The van der Waals surface area contributed by atoms with Gasteiger partial charge in [-0.2, -0.15) is 5.26 Å². The van der Waals surface area contributed by atoms with E-state index in [0.717, 1.165) is 31.0 Å². The Morgan fingerprint density at radius 2 is 2.35 bits per heavy atom. The summed E-state index contributed by atoms with van der Waals surface area (Å²) in [6, 6.07) is 6.13. The van der Waals surface area contributed by atoms with Gasteiger partial charge < -0.3 is 10.6 Å². The number of hydrogen-bond acceptors (Lipinski definition) is 4. The van der Waals surface area contributed by atoms with Crippen LogP contribution in [-0.4, -0.2) is 24.1 Å². The molecule has 90 valence electrons. The molecule has 0 spiro atoms. The van der Waals surface area contributed by atoms with E-state index < -0.39 is 0 Å². The summed E-state index contributed by atoms with van der Waals surface area (Å²) in [5, 5.41) is 9.10. The number of anilines is 1. The molecule has 4 nitrogen and oxygen atoms in total. The van der Waals surface area contributed by atoms with Crippen LogP contribution in [0.5, 0.6) is 0 Å².